The summed E-state index contributed by atoms with van der Waals surface area (Å²) in [7, 11) is 0. The van der Waals surface area contributed by atoms with Crippen molar-refractivity contribution >= 4 is 52.7 Å². The number of imide groups is 2. The molecule has 3 aromatic rings. The molecule has 2 aromatic carbocycles. The molecule has 2 fully saturated rings. The lowest BCUT2D eigenvalue weighted by Crippen LogP contribution is -2.54. The minimum Gasteiger partial charge on any atom is -0.485 e. The van der Waals surface area contributed by atoms with Crippen LogP contribution in [0.25, 0.3) is 0 Å². The fraction of sp³-hybridized carbons (Fsp3) is 0.511. The number of carbonyl (C=O) groups is 6. The number of piperidine rings is 1. The van der Waals surface area contributed by atoms with Gasteiger partial charge in [-0.2, -0.15) is 0 Å². The van der Waals surface area contributed by atoms with Crippen LogP contribution in [-0.2, 0) is 19.2 Å². The first-order valence-corrected chi connectivity index (χ1v) is 21.9. The number of carbonyl (C=O) groups excluding carboxylic acids is 6. The number of anilines is 1. The molecule has 4 atom stereocenters. The van der Waals surface area contributed by atoms with Gasteiger partial charge in [0.05, 0.1) is 28.8 Å². The number of unbranched alkanes of at least 4 members (excludes halogenated alkanes) is 6. The minimum atomic E-state index is -1.08. The fourth-order valence-electron chi connectivity index (χ4n) is 8.89. The summed E-state index contributed by atoms with van der Waals surface area (Å²) in [6.07, 6.45) is 8.81. The summed E-state index contributed by atoms with van der Waals surface area (Å²) in [5.74, 6) is -1.63. The zero-order chi connectivity index (χ0) is 43.0. The molecule has 4 aliphatic rings. The number of Topliss-reactive ketones (excluding diaryl/α,β-unsaturated/α-hetero) is 1. The topological polar surface area (TPSA) is 191 Å². The average Bonchev–Trinajstić information content (AvgIpc) is 3.70. The Morgan fingerprint density at radius 1 is 0.934 bits per heavy atom. The fourth-order valence-corrected chi connectivity index (χ4v) is 9.02. The largest absolute Gasteiger partial charge is 0.485 e. The number of amides is 5. The Hall–Kier alpha value is -5.25. The lowest BCUT2D eigenvalue weighted by Gasteiger charge is -2.38. The summed E-state index contributed by atoms with van der Waals surface area (Å²) in [6, 6.07) is 11.0. The van der Waals surface area contributed by atoms with E-state index in [4.69, 9.17) is 16.3 Å². The van der Waals surface area contributed by atoms with Crippen molar-refractivity contribution in [1.82, 2.24) is 30.4 Å². The van der Waals surface area contributed by atoms with Crippen molar-refractivity contribution in [3.63, 3.8) is 0 Å². The lowest BCUT2D eigenvalue weighted by atomic mass is 9.96. The molecule has 0 bridgehead atoms. The first kappa shape index (κ1) is 43.8. The Morgan fingerprint density at radius 2 is 1.66 bits per heavy atom. The smallest absolute Gasteiger partial charge is 0.266 e. The lowest BCUT2D eigenvalue weighted by molar-refractivity contribution is -0.136. The third kappa shape index (κ3) is 10.1. The maximum Gasteiger partial charge on any atom is 0.266 e. The number of rotatable bonds is 19. The molecule has 1 aromatic heterocycles. The maximum absolute atomic E-state index is 14.0. The van der Waals surface area contributed by atoms with Crippen LogP contribution < -0.4 is 20.3 Å². The van der Waals surface area contributed by atoms with Gasteiger partial charge in [-0.15, -0.1) is 0 Å². The molecule has 0 radical (unpaired) electrons. The van der Waals surface area contributed by atoms with Crippen LogP contribution in [0.5, 0.6) is 5.75 Å². The van der Waals surface area contributed by atoms with Gasteiger partial charge in [0.1, 0.15) is 30.5 Å². The summed E-state index contributed by atoms with van der Waals surface area (Å²) in [5, 5.41) is 16.8. The number of ketones is 1. The van der Waals surface area contributed by atoms with Crippen molar-refractivity contribution in [2.24, 2.45) is 0 Å². The van der Waals surface area contributed by atoms with Gasteiger partial charge in [-0.3, -0.25) is 39.0 Å². The van der Waals surface area contributed by atoms with E-state index in [0.717, 1.165) is 79.0 Å². The second-order valence-corrected chi connectivity index (χ2v) is 16.9. The SMILES string of the molecule is C[C@@H]1C[C@@H](O)c2ncnc(N3CCN(C(=O)[C@H](CNCCCCCCCCCC(=O)COc4cccc5c4C(=O)N(C4CCC(=O)NC4=O)C5=O)c4ccc(Cl)cc4)CC3)c21. The molecule has 324 valence electrons. The van der Waals surface area contributed by atoms with Crippen LogP contribution in [0.2, 0.25) is 5.02 Å². The summed E-state index contributed by atoms with van der Waals surface area (Å²) < 4.78 is 5.73. The Morgan fingerprint density at radius 3 is 2.39 bits per heavy atom. The van der Waals surface area contributed by atoms with E-state index in [2.05, 4.69) is 32.4 Å². The first-order chi connectivity index (χ1) is 29.5. The summed E-state index contributed by atoms with van der Waals surface area (Å²) in [5.41, 5.74) is 2.80. The number of piperazine rings is 1. The van der Waals surface area contributed by atoms with Gasteiger partial charge >= 0.3 is 0 Å². The summed E-state index contributed by atoms with van der Waals surface area (Å²) >= 11 is 6.20. The quantitative estimate of drug-likeness (QED) is 0.110. The Balaban J connectivity index is 0.779. The van der Waals surface area contributed by atoms with Crippen molar-refractivity contribution in [2.75, 3.05) is 50.8 Å². The zero-order valence-electron chi connectivity index (χ0n) is 34.6. The number of halogens is 1. The molecule has 16 heteroatoms. The highest BCUT2D eigenvalue weighted by Crippen LogP contribution is 2.43. The van der Waals surface area contributed by atoms with E-state index in [1.807, 2.05) is 29.2 Å². The molecule has 5 amide bonds. The molecule has 1 aliphatic carbocycles. The number of benzene rings is 2. The van der Waals surface area contributed by atoms with E-state index >= 15 is 0 Å². The summed E-state index contributed by atoms with van der Waals surface area (Å²) in [6.45, 7) is 5.65. The highest BCUT2D eigenvalue weighted by atomic mass is 35.5. The van der Waals surface area contributed by atoms with E-state index in [9.17, 15) is 33.9 Å². The van der Waals surface area contributed by atoms with Gasteiger partial charge in [0.25, 0.3) is 11.8 Å². The molecular formula is C45H54ClN7O8. The molecular weight excluding hydrogens is 802 g/mol. The monoisotopic (exact) mass is 855 g/mol. The highest BCUT2D eigenvalue weighted by Gasteiger charge is 2.46. The zero-order valence-corrected chi connectivity index (χ0v) is 35.3. The molecule has 61 heavy (non-hydrogen) atoms. The van der Waals surface area contributed by atoms with Crippen molar-refractivity contribution in [2.45, 2.75) is 102 Å². The maximum atomic E-state index is 14.0. The van der Waals surface area contributed by atoms with Gasteiger partial charge in [0.15, 0.2) is 5.78 Å². The van der Waals surface area contributed by atoms with Crippen LogP contribution in [-0.4, -0.2) is 112 Å². The Labute approximate surface area is 360 Å². The van der Waals surface area contributed by atoms with Crippen LogP contribution in [0, 0.1) is 0 Å². The third-order valence-corrected chi connectivity index (χ3v) is 12.5. The second-order valence-electron chi connectivity index (χ2n) is 16.4. The Bertz CT molecular complexity index is 2130. The number of aromatic nitrogens is 2. The van der Waals surface area contributed by atoms with E-state index in [1.165, 1.54) is 18.5 Å². The van der Waals surface area contributed by atoms with Crippen molar-refractivity contribution in [1.29, 1.82) is 0 Å². The first-order valence-electron chi connectivity index (χ1n) is 21.5. The Kier molecular flexibility index (Phi) is 14.4. The van der Waals surface area contributed by atoms with Crippen LogP contribution in [0.15, 0.2) is 48.8 Å². The third-order valence-electron chi connectivity index (χ3n) is 12.2. The standard InChI is InChI=1S/C45H54ClN7O8/c1-28-24-35(55)40-38(28)41(49-27-48-40)51-20-22-52(23-21-51)43(58)33(29-13-15-30(46)16-14-29)25-47-19-8-6-4-2-3-5-7-10-31(54)26-61-36-12-9-11-32-39(36)45(60)53(44(32)59)34-17-18-37(56)50-42(34)57/h9,11-16,27-28,33-35,47,55H,2-8,10,17-26H2,1H3,(H,50,56,57)/t28-,33-,34?,35-/m1/s1. The van der Waals surface area contributed by atoms with E-state index < -0.39 is 35.8 Å². The van der Waals surface area contributed by atoms with Gasteiger partial charge < -0.3 is 25.0 Å². The molecule has 3 aliphatic heterocycles. The van der Waals surface area contributed by atoms with Gasteiger partial charge in [0, 0.05) is 56.2 Å². The van der Waals surface area contributed by atoms with Gasteiger partial charge in [0.2, 0.25) is 17.7 Å². The molecule has 1 unspecified atom stereocenters. The predicted molar refractivity (Wildman–Crippen MR) is 226 cm³/mol. The number of nitrogens with one attached hydrogen (secondary N) is 2. The highest BCUT2D eigenvalue weighted by molar-refractivity contribution is 6.30. The molecule has 0 saturated carbocycles. The number of aliphatic hydroxyl groups is 1. The number of aliphatic hydroxyl groups excluding tert-OH is 1. The van der Waals surface area contributed by atoms with Gasteiger partial charge in [-0.1, -0.05) is 68.8 Å². The second kappa shape index (κ2) is 20.1. The van der Waals surface area contributed by atoms with E-state index in [0.29, 0.717) is 50.6 Å². The molecule has 0 spiro atoms. The van der Waals surface area contributed by atoms with Crippen LogP contribution in [0.1, 0.15) is 133 Å². The average molecular weight is 856 g/mol. The number of fused-ring (bicyclic) bond motifs is 2. The van der Waals surface area contributed by atoms with Crippen molar-refractivity contribution < 1.29 is 38.6 Å². The molecule has 4 heterocycles. The molecule has 7 rings (SSSR count). The molecule has 2 saturated heterocycles. The van der Waals surface area contributed by atoms with Gasteiger partial charge in [-0.05, 0) is 68.0 Å². The number of nitrogens with zero attached hydrogens (tertiary/aromatic N) is 5. The molecule has 15 nitrogen and oxygen atoms in total. The van der Waals surface area contributed by atoms with Crippen molar-refractivity contribution in [3.05, 3.63) is 81.8 Å². The van der Waals surface area contributed by atoms with Crippen LogP contribution in [0.3, 0.4) is 0 Å². The van der Waals surface area contributed by atoms with E-state index in [-0.39, 0.29) is 59.9 Å². The van der Waals surface area contributed by atoms with Crippen molar-refractivity contribution in [3.8, 4) is 5.75 Å². The van der Waals surface area contributed by atoms with E-state index in [1.54, 1.807) is 6.07 Å². The number of ether oxygens (including phenoxy) is 1. The minimum absolute atomic E-state index is 0.0271. The molecule has 3 N–H and O–H groups in total. The van der Waals surface area contributed by atoms with Crippen LogP contribution in [0.4, 0.5) is 5.82 Å². The predicted octanol–water partition coefficient (Wildman–Crippen LogP) is 4.86. The van der Waals surface area contributed by atoms with Gasteiger partial charge in [-0.25, -0.2) is 9.97 Å². The number of hydrogen-bond donors (Lipinski definition) is 3. The van der Waals surface area contributed by atoms with Crippen LogP contribution >= 0.6 is 11.6 Å². The normalized spacial score (nSPS) is 20.4. The number of hydrogen-bond acceptors (Lipinski definition) is 12. The summed E-state index contributed by atoms with van der Waals surface area (Å²) in [4.78, 5) is 90.9.